The molecule has 0 aromatic heterocycles. The Morgan fingerprint density at radius 1 is 1.33 bits per heavy atom. The molecule has 0 aromatic carbocycles. The van der Waals surface area contributed by atoms with Crippen molar-refractivity contribution >= 4 is 11.8 Å². The molecule has 0 saturated heterocycles. The maximum Gasteiger partial charge on any atom is 0.0634 e. The third kappa shape index (κ3) is 4.70. The first-order chi connectivity index (χ1) is 5.76. The van der Waals surface area contributed by atoms with Crippen LogP contribution in [0.25, 0.3) is 0 Å². The molecule has 0 spiro atoms. The highest BCUT2D eigenvalue weighted by atomic mass is 32.2. The number of thioether (sulfide) groups is 1. The standard InChI is InChI=1S/C10H21NS/c1-5-8-9-11(6-2)10(4)12-7-3/h4-9H2,1-3H3. The maximum atomic E-state index is 4.06. The SMILES string of the molecule is C=C(SCC)N(CC)CCCC. The third-order valence-electron chi connectivity index (χ3n) is 1.83. The first-order valence-corrected chi connectivity index (χ1v) is 5.81. The summed E-state index contributed by atoms with van der Waals surface area (Å²) >= 11 is 1.85. The molecule has 12 heavy (non-hydrogen) atoms. The number of hydrogen-bond acceptors (Lipinski definition) is 2. The van der Waals surface area contributed by atoms with Gasteiger partial charge in [0.15, 0.2) is 0 Å². The predicted molar refractivity (Wildman–Crippen MR) is 59.4 cm³/mol. The van der Waals surface area contributed by atoms with E-state index >= 15 is 0 Å². The highest BCUT2D eigenvalue weighted by Crippen LogP contribution is 2.17. The molecule has 0 aliphatic heterocycles. The van der Waals surface area contributed by atoms with Gasteiger partial charge in [0.2, 0.25) is 0 Å². The van der Waals surface area contributed by atoms with Crippen LogP contribution in [0.3, 0.4) is 0 Å². The largest absolute Gasteiger partial charge is 0.367 e. The van der Waals surface area contributed by atoms with Crippen molar-refractivity contribution in [3.05, 3.63) is 11.6 Å². The topological polar surface area (TPSA) is 3.24 Å². The Morgan fingerprint density at radius 2 is 2.00 bits per heavy atom. The monoisotopic (exact) mass is 187 g/mol. The van der Waals surface area contributed by atoms with Crippen molar-refractivity contribution in [2.75, 3.05) is 18.8 Å². The van der Waals surface area contributed by atoms with E-state index in [1.165, 1.54) is 24.4 Å². The minimum absolute atomic E-state index is 1.09. The summed E-state index contributed by atoms with van der Waals surface area (Å²) in [5.41, 5.74) is 0. The fraction of sp³-hybridized carbons (Fsp3) is 0.800. The molecule has 0 N–H and O–H groups in total. The van der Waals surface area contributed by atoms with E-state index in [0.717, 1.165) is 12.3 Å². The zero-order valence-corrected chi connectivity index (χ0v) is 9.41. The average Bonchev–Trinajstić information content (AvgIpc) is 2.06. The van der Waals surface area contributed by atoms with Gasteiger partial charge in [-0.2, -0.15) is 0 Å². The summed E-state index contributed by atoms with van der Waals surface area (Å²) in [7, 11) is 0. The zero-order chi connectivity index (χ0) is 9.40. The molecule has 0 aliphatic rings. The molecule has 0 saturated carbocycles. The van der Waals surface area contributed by atoms with Crippen LogP contribution in [0.4, 0.5) is 0 Å². The van der Waals surface area contributed by atoms with E-state index in [1.807, 2.05) is 11.8 Å². The zero-order valence-electron chi connectivity index (χ0n) is 8.60. The van der Waals surface area contributed by atoms with Crippen LogP contribution >= 0.6 is 11.8 Å². The molecule has 0 atom stereocenters. The molecule has 1 nitrogen and oxygen atoms in total. The molecular weight excluding hydrogens is 166 g/mol. The van der Waals surface area contributed by atoms with Crippen molar-refractivity contribution in [2.24, 2.45) is 0 Å². The first kappa shape index (κ1) is 11.9. The van der Waals surface area contributed by atoms with Crippen LogP contribution < -0.4 is 0 Å². The van der Waals surface area contributed by atoms with Crippen molar-refractivity contribution in [3.8, 4) is 0 Å². The number of rotatable bonds is 7. The van der Waals surface area contributed by atoms with Crippen LogP contribution in [0.2, 0.25) is 0 Å². The van der Waals surface area contributed by atoms with Crippen LogP contribution in [-0.4, -0.2) is 23.7 Å². The second kappa shape index (κ2) is 7.53. The van der Waals surface area contributed by atoms with Crippen LogP contribution in [0.1, 0.15) is 33.6 Å². The molecule has 2 heteroatoms. The van der Waals surface area contributed by atoms with E-state index in [2.05, 4.69) is 32.3 Å². The Bertz CT molecular complexity index is 123. The lowest BCUT2D eigenvalue weighted by Gasteiger charge is -2.23. The number of nitrogens with zero attached hydrogens (tertiary/aromatic N) is 1. The van der Waals surface area contributed by atoms with Crippen LogP contribution in [0, 0.1) is 0 Å². The maximum absolute atomic E-state index is 4.06. The number of unbranched alkanes of at least 4 members (excludes halogenated alkanes) is 1. The highest BCUT2D eigenvalue weighted by molar-refractivity contribution is 8.02. The Morgan fingerprint density at radius 3 is 2.42 bits per heavy atom. The molecular formula is C10H21NS. The van der Waals surface area contributed by atoms with E-state index in [-0.39, 0.29) is 0 Å². The summed E-state index contributed by atoms with van der Waals surface area (Å²) in [4.78, 5) is 2.36. The van der Waals surface area contributed by atoms with Gasteiger partial charge in [-0.05, 0) is 19.1 Å². The van der Waals surface area contributed by atoms with E-state index in [1.54, 1.807) is 0 Å². The average molecular weight is 187 g/mol. The first-order valence-electron chi connectivity index (χ1n) is 4.82. The Balaban J connectivity index is 3.71. The fourth-order valence-electron chi connectivity index (χ4n) is 1.07. The van der Waals surface area contributed by atoms with Gasteiger partial charge in [0.1, 0.15) is 0 Å². The van der Waals surface area contributed by atoms with Gasteiger partial charge in [-0.3, -0.25) is 0 Å². The van der Waals surface area contributed by atoms with Gasteiger partial charge in [-0.25, -0.2) is 0 Å². The lowest BCUT2D eigenvalue weighted by atomic mass is 10.3. The van der Waals surface area contributed by atoms with Crippen molar-refractivity contribution in [3.63, 3.8) is 0 Å². The van der Waals surface area contributed by atoms with Gasteiger partial charge >= 0.3 is 0 Å². The number of hydrogen-bond donors (Lipinski definition) is 0. The minimum Gasteiger partial charge on any atom is -0.367 e. The molecule has 0 heterocycles. The quantitative estimate of drug-likeness (QED) is 0.601. The van der Waals surface area contributed by atoms with Crippen LogP contribution in [-0.2, 0) is 0 Å². The van der Waals surface area contributed by atoms with Crippen molar-refractivity contribution in [1.29, 1.82) is 0 Å². The Kier molecular flexibility index (Phi) is 7.47. The smallest absolute Gasteiger partial charge is 0.0634 e. The molecule has 72 valence electrons. The molecule has 0 aromatic rings. The molecule has 0 radical (unpaired) electrons. The second-order valence-electron chi connectivity index (χ2n) is 2.76. The van der Waals surface area contributed by atoms with Crippen molar-refractivity contribution in [1.82, 2.24) is 4.90 Å². The van der Waals surface area contributed by atoms with Gasteiger partial charge in [-0.1, -0.05) is 26.8 Å². The minimum atomic E-state index is 1.09. The highest BCUT2D eigenvalue weighted by Gasteiger charge is 2.03. The van der Waals surface area contributed by atoms with Gasteiger partial charge < -0.3 is 4.90 Å². The van der Waals surface area contributed by atoms with Gasteiger partial charge in [-0.15, -0.1) is 11.8 Å². The lowest BCUT2D eigenvalue weighted by Crippen LogP contribution is -2.21. The summed E-state index contributed by atoms with van der Waals surface area (Å²) in [6.07, 6.45) is 2.54. The molecule has 0 unspecified atom stereocenters. The summed E-state index contributed by atoms with van der Waals surface area (Å²) < 4.78 is 0. The summed E-state index contributed by atoms with van der Waals surface area (Å²) in [5, 5.41) is 1.23. The molecule has 0 bridgehead atoms. The Labute approximate surface area is 81.2 Å². The molecule has 0 rings (SSSR count). The lowest BCUT2D eigenvalue weighted by molar-refractivity contribution is 0.379. The summed E-state index contributed by atoms with van der Waals surface area (Å²) in [5.74, 6) is 1.13. The van der Waals surface area contributed by atoms with E-state index in [0.29, 0.717) is 0 Å². The van der Waals surface area contributed by atoms with Gasteiger partial charge in [0.25, 0.3) is 0 Å². The molecule has 0 aliphatic carbocycles. The molecule has 0 amide bonds. The van der Waals surface area contributed by atoms with Crippen molar-refractivity contribution < 1.29 is 0 Å². The van der Waals surface area contributed by atoms with E-state index < -0.39 is 0 Å². The van der Waals surface area contributed by atoms with Crippen molar-refractivity contribution in [2.45, 2.75) is 33.6 Å². The summed E-state index contributed by atoms with van der Waals surface area (Å²) in [6, 6.07) is 0. The third-order valence-corrected chi connectivity index (χ3v) is 2.71. The van der Waals surface area contributed by atoms with E-state index in [9.17, 15) is 0 Å². The van der Waals surface area contributed by atoms with Gasteiger partial charge in [0.05, 0.1) is 5.03 Å². The fourth-order valence-corrected chi connectivity index (χ4v) is 1.80. The second-order valence-corrected chi connectivity index (χ2v) is 4.10. The van der Waals surface area contributed by atoms with Crippen LogP contribution in [0.5, 0.6) is 0 Å². The van der Waals surface area contributed by atoms with E-state index in [4.69, 9.17) is 0 Å². The molecule has 0 fully saturated rings. The summed E-state index contributed by atoms with van der Waals surface area (Å²) in [6.45, 7) is 12.9. The normalized spacial score (nSPS) is 9.92. The predicted octanol–water partition coefficient (Wildman–Crippen LogP) is 3.33. The van der Waals surface area contributed by atoms with Gasteiger partial charge in [0, 0.05) is 13.1 Å². The van der Waals surface area contributed by atoms with Crippen LogP contribution in [0.15, 0.2) is 11.6 Å². The Hall–Kier alpha value is -0.110.